The molecule has 13 heavy (non-hydrogen) atoms. The summed E-state index contributed by atoms with van der Waals surface area (Å²) >= 11 is 0. The lowest BCUT2D eigenvalue weighted by atomic mass is 10.0. The number of rotatable bonds is 8. The molecule has 4 N–H and O–H groups in total. The van der Waals surface area contributed by atoms with Gasteiger partial charge in [0, 0.05) is 6.04 Å². The summed E-state index contributed by atoms with van der Waals surface area (Å²) in [7, 11) is 0. The van der Waals surface area contributed by atoms with Crippen molar-refractivity contribution in [3.63, 3.8) is 0 Å². The maximum atomic E-state index is 5.91. The monoisotopic (exact) mass is 206 g/mol. The molecule has 0 aromatic rings. The van der Waals surface area contributed by atoms with Crippen LogP contribution in [0.3, 0.4) is 0 Å². The number of hydrogen-bond donors (Lipinski definition) is 2. The summed E-state index contributed by atoms with van der Waals surface area (Å²) in [5.41, 5.74) is 11.3. The van der Waals surface area contributed by atoms with Crippen molar-refractivity contribution in [1.82, 2.24) is 0 Å². The van der Waals surface area contributed by atoms with Crippen molar-refractivity contribution in [3.8, 4) is 0 Å². The highest BCUT2D eigenvalue weighted by Gasteiger charge is 2.00. The van der Waals surface area contributed by atoms with Crippen LogP contribution >= 0.6 is 13.5 Å². The smallest absolute Gasteiger partial charge is 0.00388 e. The van der Waals surface area contributed by atoms with E-state index < -0.39 is 0 Å². The molecule has 0 aromatic heterocycles. The number of unbranched alkanes of at least 4 members (excludes halogenated alkanes) is 3. The minimum atomic E-state index is 0. The second-order valence-corrected chi connectivity index (χ2v) is 3.54. The van der Waals surface area contributed by atoms with Gasteiger partial charge in [0.05, 0.1) is 0 Å². The van der Waals surface area contributed by atoms with E-state index >= 15 is 0 Å². The van der Waals surface area contributed by atoms with Crippen LogP contribution in [0.4, 0.5) is 0 Å². The molecular weight excluding hydrogens is 180 g/mol. The predicted octanol–water partition coefficient (Wildman–Crippen LogP) is 2.14. The molecule has 0 aromatic carbocycles. The Kier molecular flexibility index (Phi) is 14.8. The molecule has 0 aliphatic carbocycles. The van der Waals surface area contributed by atoms with E-state index in [0.717, 1.165) is 19.4 Å². The summed E-state index contributed by atoms with van der Waals surface area (Å²) in [6.07, 6.45) is 8.57. The fraction of sp³-hybridized carbons (Fsp3) is 1.00. The van der Waals surface area contributed by atoms with Gasteiger partial charge >= 0.3 is 0 Å². The van der Waals surface area contributed by atoms with E-state index in [0.29, 0.717) is 6.04 Å². The van der Waals surface area contributed by atoms with Crippen LogP contribution in [0.5, 0.6) is 0 Å². The van der Waals surface area contributed by atoms with Crippen LogP contribution in [0.25, 0.3) is 0 Å². The topological polar surface area (TPSA) is 52.0 Å². The molecule has 3 heteroatoms. The van der Waals surface area contributed by atoms with E-state index in [1.807, 2.05) is 0 Å². The van der Waals surface area contributed by atoms with Crippen LogP contribution < -0.4 is 11.5 Å². The average molecular weight is 206 g/mol. The standard InChI is InChI=1S/C10H24N2.H2S/c1-2-3-4-7-10(12)8-5-6-9-11;/h10H,2-9,11-12H2,1H3;1H2. The Morgan fingerprint density at radius 3 is 2.00 bits per heavy atom. The third-order valence-corrected chi connectivity index (χ3v) is 2.21. The van der Waals surface area contributed by atoms with Gasteiger partial charge in [-0.3, -0.25) is 0 Å². The van der Waals surface area contributed by atoms with Gasteiger partial charge in [0.25, 0.3) is 0 Å². The van der Waals surface area contributed by atoms with E-state index in [9.17, 15) is 0 Å². The summed E-state index contributed by atoms with van der Waals surface area (Å²) in [6, 6.07) is 0.420. The van der Waals surface area contributed by atoms with Crippen molar-refractivity contribution in [2.45, 2.75) is 57.9 Å². The zero-order chi connectivity index (χ0) is 9.23. The molecule has 0 saturated heterocycles. The Hall–Kier alpha value is 0.270. The molecule has 0 heterocycles. The minimum absolute atomic E-state index is 0. The normalized spacial score (nSPS) is 12.2. The lowest BCUT2D eigenvalue weighted by molar-refractivity contribution is 0.506. The van der Waals surface area contributed by atoms with Crippen molar-refractivity contribution >= 4 is 13.5 Å². The van der Waals surface area contributed by atoms with Crippen LogP contribution in [0, 0.1) is 0 Å². The second-order valence-electron chi connectivity index (χ2n) is 3.54. The fourth-order valence-corrected chi connectivity index (χ4v) is 1.35. The van der Waals surface area contributed by atoms with Crippen molar-refractivity contribution in [1.29, 1.82) is 0 Å². The molecule has 0 radical (unpaired) electrons. The van der Waals surface area contributed by atoms with E-state index in [1.54, 1.807) is 0 Å². The minimum Gasteiger partial charge on any atom is -0.330 e. The first kappa shape index (κ1) is 15.7. The SMILES string of the molecule is CCCCCC(N)CCCCN.S. The fourth-order valence-electron chi connectivity index (χ4n) is 1.35. The van der Waals surface area contributed by atoms with Crippen molar-refractivity contribution in [2.75, 3.05) is 6.54 Å². The second kappa shape index (κ2) is 12.3. The van der Waals surface area contributed by atoms with Crippen molar-refractivity contribution in [2.24, 2.45) is 11.5 Å². The first-order chi connectivity index (χ1) is 5.81. The molecule has 0 aliphatic rings. The van der Waals surface area contributed by atoms with E-state index in [2.05, 4.69) is 6.92 Å². The first-order valence-electron chi connectivity index (χ1n) is 5.27. The maximum Gasteiger partial charge on any atom is 0.00388 e. The Morgan fingerprint density at radius 1 is 1.00 bits per heavy atom. The summed E-state index contributed by atoms with van der Waals surface area (Å²) in [4.78, 5) is 0. The van der Waals surface area contributed by atoms with Gasteiger partial charge in [0.2, 0.25) is 0 Å². The Balaban J connectivity index is 0. The zero-order valence-electron chi connectivity index (χ0n) is 8.89. The van der Waals surface area contributed by atoms with Crippen LogP contribution in [-0.2, 0) is 0 Å². The van der Waals surface area contributed by atoms with Crippen molar-refractivity contribution in [3.05, 3.63) is 0 Å². The largest absolute Gasteiger partial charge is 0.330 e. The molecule has 82 valence electrons. The van der Waals surface area contributed by atoms with Gasteiger partial charge in [-0.05, 0) is 25.8 Å². The lowest BCUT2D eigenvalue weighted by Gasteiger charge is -2.09. The Labute approximate surface area is 89.9 Å². The molecule has 0 amide bonds. The molecule has 1 unspecified atom stereocenters. The highest BCUT2D eigenvalue weighted by molar-refractivity contribution is 7.59. The molecule has 0 aliphatic heterocycles. The van der Waals surface area contributed by atoms with E-state index in [4.69, 9.17) is 11.5 Å². The predicted molar refractivity (Wildman–Crippen MR) is 65.4 cm³/mol. The molecule has 2 nitrogen and oxygen atoms in total. The summed E-state index contributed by atoms with van der Waals surface area (Å²) in [5.74, 6) is 0. The number of nitrogens with two attached hydrogens (primary N) is 2. The number of hydrogen-bond acceptors (Lipinski definition) is 2. The highest BCUT2D eigenvalue weighted by Crippen LogP contribution is 2.07. The molecule has 1 atom stereocenters. The van der Waals surface area contributed by atoms with Gasteiger partial charge in [0.15, 0.2) is 0 Å². The van der Waals surface area contributed by atoms with Gasteiger partial charge in [0.1, 0.15) is 0 Å². The van der Waals surface area contributed by atoms with Gasteiger partial charge < -0.3 is 11.5 Å². The average Bonchev–Trinajstić information content (AvgIpc) is 2.06. The van der Waals surface area contributed by atoms with Crippen molar-refractivity contribution < 1.29 is 0 Å². The Morgan fingerprint density at radius 2 is 1.54 bits per heavy atom. The van der Waals surface area contributed by atoms with Gasteiger partial charge in [-0.1, -0.05) is 32.6 Å². The molecular formula is C10H26N2S. The van der Waals surface area contributed by atoms with Crippen LogP contribution in [0.2, 0.25) is 0 Å². The van der Waals surface area contributed by atoms with Gasteiger partial charge in [-0.25, -0.2) is 0 Å². The lowest BCUT2D eigenvalue weighted by Crippen LogP contribution is -2.19. The first-order valence-corrected chi connectivity index (χ1v) is 5.27. The van der Waals surface area contributed by atoms with Gasteiger partial charge in [-0.2, -0.15) is 13.5 Å². The summed E-state index contributed by atoms with van der Waals surface area (Å²) in [5, 5.41) is 0. The van der Waals surface area contributed by atoms with E-state index in [-0.39, 0.29) is 13.5 Å². The van der Waals surface area contributed by atoms with Crippen LogP contribution in [0.15, 0.2) is 0 Å². The molecule has 0 bridgehead atoms. The van der Waals surface area contributed by atoms with Crippen LogP contribution in [-0.4, -0.2) is 12.6 Å². The molecule has 0 spiro atoms. The third kappa shape index (κ3) is 12.3. The quantitative estimate of drug-likeness (QED) is 0.598. The van der Waals surface area contributed by atoms with Gasteiger partial charge in [-0.15, -0.1) is 0 Å². The summed E-state index contributed by atoms with van der Waals surface area (Å²) in [6.45, 7) is 3.03. The van der Waals surface area contributed by atoms with E-state index in [1.165, 1.54) is 32.1 Å². The Bertz CT molecular complexity index is 79.0. The highest BCUT2D eigenvalue weighted by atomic mass is 32.1. The molecule has 0 saturated carbocycles. The molecule has 0 fully saturated rings. The third-order valence-electron chi connectivity index (χ3n) is 2.21. The maximum absolute atomic E-state index is 5.91. The zero-order valence-corrected chi connectivity index (χ0v) is 9.89. The van der Waals surface area contributed by atoms with Crippen LogP contribution in [0.1, 0.15) is 51.9 Å². The molecule has 0 rings (SSSR count). The summed E-state index contributed by atoms with van der Waals surface area (Å²) < 4.78 is 0.